The second kappa shape index (κ2) is 12.7. The number of rotatable bonds is 10. The van der Waals surface area contributed by atoms with Crippen LogP contribution in [-0.4, -0.2) is 82.0 Å². The summed E-state index contributed by atoms with van der Waals surface area (Å²) in [5, 5.41) is 9.96. The summed E-state index contributed by atoms with van der Waals surface area (Å²) in [6.45, 7) is 5.18. The molecule has 0 radical (unpaired) electrons. The van der Waals surface area contributed by atoms with Gasteiger partial charge >= 0.3 is 0 Å². The van der Waals surface area contributed by atoms with Gasteiger partial charge in [-0.2, -0.15) is 0 Å². The van der Waals surface area contributed by atoms with Gasteiger partial charge in [-0.05, 0) is 68.1 Å². The van der Waals surface area contributed by atoms with Gasteiger partial charge in [0.25, 0.3) is 15.9 Å². The minimum atomic E-state index is -4.03. The van der Waals surface area contributed by atoms with E-state index < -0.39 is 22.2 Å². The van der Waals surface area contributed by atoms with E-state index in [9.17, 15) is 18.3 Å². The first kappa shape index (κ1) is 30.5. The highest BCUT2D eigenvalue weighted by atomic mass is 32.2. The fourth-order valence-electron chi connectivity index (χ4n) is 5.22. The molecule has 2 aliphatic heterocycles. The van der Waals surface area contributed by atoms with Crippen LogP contribution in [-0.2, 0) is 16.6 Å². The molecule has 0 aromatic heterocycles. The number of hydrogen-bond donors (Lipinski definition) is 2. The summed E-state index contributed by atoms with van der Waals surface area (Å²) in [6, 6.07) is 16.2. The van der Waals surface area contributed by atoms with Crippen molar-refractivity contribution in [3.05, 3.63) is 71.8 Å². The molecule has 2 aliphatic rings. The third kappa shape index (κ3) is 6.66. The van der Waals surface area contributed by atoms with Crippen molar-refractivity contribution >= 4 is 21.6 Å². The molecule has 0 unspecified atom stereocenters. The highest BCUT2D eigenvalue weighted by molar-refractivity contribution is 7.92. The Morgan fingerprint density at radius 2 is 1.86 bits per heavy atom. The monoisotopic (exact) mass is 611 g/mol. The lowest BCUT2D eigenvalue weighted by atomic mass is 9.99. The molecule has 0 fully saturated rings. The number of nitrogens with zero attached hydrogens (tertiary/aromatic N) is 2. The fourth-order valence-corrected chi connectivity index (χ4v) is 6.29. The molecule has 230 valence electrons. The zero-order valence-electron chi connectivity index (χ0n) is 24.6. The van der Waals surface area contributed by atoms with Gasteiger partial charge in [0.2, 0.25) is 6.79 Å². The Hall–Kier alpha value is -4.00. The molecule has 11 nitrogen and oxygen atoms in total. The van der Waals surface area contributed by atoms with Gasteiger partial charge < -0.3 is 29.0 Å². The first-order valence-corrected chi connectivity index (χ1v) is 15.5. The molecule has 2 heterocycles. The molecular weight excluding hydrogens is 574 g/mol. The maximum absolute atomic E-state index is 13.8. The number of fused-ring (bicyclic) bond motifs is 2. The minimum Gasteiger partial charge on any atom is -0.497 e. The van der Waals surface area contributed by atoms with E-state index in [1.807, 2.05) is 32.2 Å². The third-order valence-corrected chi connectivity index (χ3v) is 9.07. The molecule has 0 bridgehead atoms. The molecule has 0 aliphatic carbocycles. The van der Waals surface area contributed by atoms with Crippen LogP contribution < -0.4 is 23.7 Å². The van der Waals surface area contributed by atoms with Gasteiger partial charge in [-0.25, -0.2) is 8.42 Å². The molecule has 3 aromatic rings. The number of anilines is 1. The molecule has 5 rings (SSSR count). The van der Waals surface area contributed by atoms with Crippen molar-refractivity contribution in [1.29, 1.82) is 0 Å². The first-order chi connectivity index (χ1) is 20.6. The molecule has 43 heavy (non-hydrogen) atoms. The van der Waals surface area contributed by atoms with Crippen LogP contribution in [0.25, 0.3) is 0 Å². The van der Waals surface area contributed by atoms with Crippen LogP contribution in [0.2, 0.25) is 0 Å². The van der Waals surface area contributed by atoms with Gasteiger partial charge in [-0.3, -0.25) is 14.4 Å². The Morgan fingerprint density at radius 1 is 1.12 bits per heavy atom. The van der Waals surface area contributed by atoms with E-state index in [4.69, 9.17) is 18.9 Å². The number of nitrogens with one attached hydrogen (secondary N) is 1. The van der Waals surface area contributed by atoms with E-state index in [1.54, 1.807) is 42.2 Å². The molecule has 1 amide bonds. The summed E-state index contributed by atoms with van der Waals surface area (Å²) >= 11 is 0. The number of ether oxygens (including phenoxy) is 4. The lowest BCUT2D eigenvalue weighted by molar-refractivity contribution is 0.0344. The maximum Gasteiger partial charge on any atom is 0.262 e. The number of methoxy groups -OCH3 is 1. The highest BCUT2D eigenvalue weighted by Gasteiger charge is 2.35. The van der Waals surface area contributed by atoms with E-state index >= 15 is 0 Å². The molecule has 2 N–H and O–H groups in total. The summed E-state index contributed by atoms with van der Waals surface area (Å²) in [6.07, 6.45) is -0.425. The highest BCUT2D eigenvalue weighted by Crippen LogP contribution is 2.37. The Kier molecular flexibility index (Phi) is 9.00. The Bertz CT molecular complexity index is 1560. The number of para-hydroxylation sites is 1. The molecule has 0 saturated carbocycles. The van der Waals surface area contributed by atoms with Crippen molar-refractivity contribution in [3.8, 4) is 23.0 Å². The summed E-state index contributed by atoms with van der Waals surface area (Å²) in [5.41, 5.74) is 1.39. The number of aliphatic hydroxyl groups excluding tert-OH is 1. The zero-order chi connectivity index (χ0) is 30.7. The first-order valence-electron chi connectivity index (χ1n) is 14.0. The van der Waals surface area contributed by atoms with Crippen molar-refractivity contribution < 1.29 is 37.3 Å². The number of carbonyl (C=O) groups is 1. The third-order valence-electron chi connectivity index (χ3n) is 7.69. The minimum absolute atomic E-state index is 0.0342. The molecule has 3 aromatic carbocycles. The fraction of sp³-hybridized carbons (Fsp3) is 0.387. The van der Waals surface area contributed by atoms with Crippen molar-refractivity contribution in [3.63, 3.8) is 0 Å². The van der Waals surface area contributed by atoms with Crippen LogP contribution in [0, 0.1) is 5.92 Å². The Labute approximate surface area is 252 Å². The standard InChI is InChI=1S/C31H37N3O8S/c1-20-15-34(21(2)18-35)31(36)25-6-5-7-26(32-43(37,38)24-11-9-23(39-4)10-12-24)30(25)42-29(20)17-33(3)16-22-8-13-27-28(14-22)41-19-40-27/h5-14,20-21,29,32,35H,15-19H2,1-4H3/t20-,21+,29-/m0/s1. The summed E-state index contributed by atoms with van der Waals surface area (Å²) in [7, 11) is -0.555. The summed E-state index contributed by atoms with van der Waals surface area (Å²) in [5.74, 6) is 1.59. The summed E-state index contributed by atoms with van der Waals surface area (Å²) < 4.78 is 52.1. The quantitative estimate of drug-likeness (QED) is 0.354. The van der Waals surface area contributed by atoms with Gasteiger partial charge in [-0.1, -0.05) is 19.1 Å². The molecule has 3 atom stereocenters. The molecule has 0 spiro atoms. The number of hydrogen-bond acceptors (Lipinski definition) is 9. The maximum atomic E-state index is 13.8. The molecule has 0 saturated heterocycles. The Morgan fingerprint density at radius 3 is 2.58 bits per heavy atom. The second-order valence-corrected chi connectivity index (χ2v) is 12.7. The number of benzene rings is 3. The van der Waals surface area contributed by atoms with E-state index in [2.05, 4.69) is 9.62 Å². The Balaban J connectivity index is 1.46. The summed E-state index contributed by atoms with van der Waals surface area (Å²) in [4.78, 5) is 17.5. The molecular formula is C31H37N3O8S. The van der Waals surface area contributed by atoms with Gasteiger partial charge in [0, 0.05) is 25.6 Å². The SMILES string of the molecule is COc1ccc(S(=O)(=O)Nc2cccc3c2O[C@@H](CN(C)Cc2ccc4c(c2)OCO4)[C@@H](C)CN([C@H](C)CO)C3=O)cc1. The van der Waals surface area contributed by atoms with Gasteiger partial charge in [0.05, 0.1) is 35.9 Å². The van der Waals surface area contributed by atoms with Crippen LogP contribution in [0.5, 0.6) is 23.0 Å². The van der Waals surface area contributed by atoms with Gasteiger partial charge in [0.1, 0.15) is 11.9 Å². The van der Waals surface area contributed by atoms with E-state index in [0.29, 0.717) is 36.9 Å². The number of likely N-dealkylation sites (N-methyl/N-ethyl adjacent to an activating group) is 1. The predicted molar refractivity (Wildman–Crippen MR) is 160 cm³/mol. The topological polar surface area (TPSA) is 127 Å². The van der Waals surface area contributed by atoms with Gasteiger partial charge in [-0.15, -0.1) is 0 Å². The van der Waals surface area contributed by atoms with Crippen molar-refractivity contribution in [1.82, 2.24) is 9.80 Å². The number of sulfonamides is 1. The number of carbonyl (C=O) groups excluding carboxylic acids is 1. The van der Waals surface area contributed by atoms with Crippen LogP contribution in [0.4, 0.5) is 5.69 Å². The lowest BCUT2D eigenvalue weighted by Crippen LogP contribution is -2.49. The smallest absolute Gasteiger partial charge is 0.262 e. The van der Waals surface area contributed by atoms with Gasteiger partial charge in [0.15, 0.2) is 17.2 Å². The number of amides is 1. The van der Waals surface area contributed by atoms with Crippen molar-refractivity contribution in [2.24, 2.45) is 5.92 Å². The number of aliphatic hydroxyl groups is 1. The van der Waals surface area contributed by atoms with Crippen LogP contribution in [0.1, 0.15) is 29.8 Å². The van der Waals surface area contributed by atoms with Crippen molar-refractivity contribution in [2.45, 2.75) is 37.4 Å². The van der Waals surface area contributed by atoms with Crippen LogP contribution >= 0.6 is 0 Å². The predicted octanol–water partition coefficient (Wildman–Crippen LogP) is 3.58. The van der Waals surface area contributed by atoms with E-state index in [0.717, 1.165) is 5.56 Å². The largest absolute Gasteiger partial charge is 0.497 e. The van der Waals surface area contributed by atoms with Crippen molar-refractivity contribution in [2.75, 3.05) is 45.4 Å². The van der Waals surface area contributed by atoms with Crippen LogP contribution in [0.3, 0.4) is 0 Å². The van der Waals surface area contributed by atoms with E-state index in [-0.39, 0.29) is 47.1 Å². The molecule has 12 heteroatoms. The average Bonchev–Trinajstić information content (AvgIpc) is 3.47. The lowest BCUT2D eigenvalue weighted by Gasteiger charge is -2.38. The average molecular weight is 612 g/mol. The second-order valence-electron chi connectivity index (χ2n) is 11.0. The zero-order valence-corrected chi connectivity index (χ0v) is 25.5. The van der Waals surface area contributed by atoms with E-state index in [1.165, 1.54) is 19.2 Å². The normalized spacial score (nSPS) is 18.8. The van der Waals surface area contributed by atoms with Crippen LogP contribution in [0.15, 0.2) is 65.6 Å².